The number of rotatable bonds is 4. The van der Waals surface area contributed by atoms with Crippen molar-refractivity contribution in [3.63, 3.8) is 0 Å². The standard InChI is InChI=1S/C20H17NO2S/c22-20(21-23-13-14-6-2-1-3-7-14)18-12-16-11-10-15-8-4-5-9-17(15)19(16)24-18/h1-9,12H,10-11,13H2,(H,21,22). The molecule has 0 saturated heterocycles. The van der Waals surface area contributed by atoms with Gasteiger partial charge in [-0.05, 0) is 41.2 Å². The van der Waals surface area contributed by atoms with Crippen molar-refractivity contribution < 1.29 is 9.63 Å². The van der Waals surface area contributed by atoms with Crippen LogP contribution in [0, 0.1) is 0 Å². The van der Waals surface area contributed by atoms with Crippen molar-refractivity contribution in [2.75, 3.05) is 0 Å². The Hall–Kier alpha value is -2.43. The normalized spacial score (nSPS) is 12.3. The van der Waals surface area contributed by atoms with Crippen molar-refractivity contribution in [1.29, 1.82) is 0 Å². The van der Waals surface area contributed by atoms with Crippen LogP contribution in [0.2, 0.25) is 0 Å². The number of carbonyl (C=O) groups is 1. The van der Waals surface area contributed by atoms with Crippen molar-refractivity contribution in [3.8, 4) is 10.4 Å². The fourth-order valence-electron chi connectivity index (χ4n) is 2.99. The number of carbonyl (C=O) groups excluding carboxylic acids is 1. The average molecular weight is 335 g/mol. The molecule has 0 atom stereocenters. The van der Waals surface area contributed by atoms with Crippen LogP contribution in [0.4, 0.5) is 0 Å². The molecule has 1 aliphatic rings. The summed E-state index contributed by atoms with van der Waals surface area (Å²) in [5.41, 5.74) is 7.45. The first-order chi connectivity index (χ1) is 11.8. The van der Waals surface area contributed by atoms with Crippen LogP contribution < -0.4 is 5.48 Å². The summed E-state index contributed by atoms with van der Waals surface area (Å²) < 4.78 is 0. The lowest BCUT2D eigenvalue weighted by Crippen LogP contribution is -2.22. The molecule has 0 radical (unpaired) electrons. The first kappa shape index (κ1) is 15.1. The van der Waals surface area contributed by atoms with Gasteiger partial charge in [-0.1, -0.05) is 54.6 Å². The maximum atomic E-state index is 12.3. The number of fused-ring (bicyclic) bond motifs is 3. The van der Waals surface area contributed by atoms with Gasteiger partial charge in [0.15, 0.2) is 0 Å². The maximum absolute atomic E-state index is 12.3. The van der Waals surface area contributed by atoms with Gasteiger partial charge in [-0.15, -0.1) is 11.3 Å². The minimum Gasteiger partial charge on any atom is -0.269 e. The second kappa shape index (κ2) is 6.59. The summed E-state index contributed by atoms with van der Waals surface area (Å²) >= 11 is 1.54. The average Bonchev–Trinajstić information content (AvgIpc) is 3.07. The van der Waals surface area contributed by atoms with Gasteiger partial charge in [-0.2, -0.15) is 0 Å². The lowest BCUT2D eigenvalue weighted by molar-refractivity contribution is 0.0237. The number of hydrogen-bond donors (Lipinski definition) is 1. The highest BCUT2D eigenvalue weighted by molar-refractivity contribution is 7.17. The van der Waals surface area contributed by atoms with Crippen LogP contribution >= 0.6 is 11.3 Å². The fourth-order valence-corrected chi connectivity index (χ4v) is 4.15. The van der Waals surface area contributed by atoms with E-state index in [9.17, 15) is 4.79 Å². The van der Waals surface area contributed by atoms with Crippen molar-refractivity contribution >= 4 is 17.2 Å². The zero-order valence-corrected chi connectivity index (χ0v) is 13.9. The van der Waals surface area contributed by atoms with E-state index < -0.39 is 0 Å². The molecular weight excluding hydrogens is 318 g/mol. The molecule has 4 heteroatoms. The monoisotopic (exact) mass is 335 g/mol. The Kier molecular flexibility index (Phi) is 4.15. The summed E-state index contributed by atoms with van der Waals surface area (Å²) in [4.78, 5) is 19.6. The third-order valence-corrected chi connectivity index (χ3v) is 5.41. The summed E-state index contributed by atoms with van der Waals surface area (Å²) in [6.07, 6.45) is 2.02. The van der Waals surface area contributed by atoms with Crippen molar-refractivity contribution in [3.05, 3.63) is 82.2 Å². The molecule has 0 unspecified atom stereocenters. The first-order valence-corrected chi connectivity index (χ1v) is 8.80. The summed E-state index contributed by atoms with van der Waals surface area (Å²) in [6, 6.07) is 20.2. The predicted octanol–water partition coefficient (Wildman–Crippen LogP) is 4.38. The Morgan fingerprint density at radius 2 is 1.75 bits per heavy atom. The highest BCUT2D eigenvalue weighted by Gasteiger charge is 2.21. The van der Waals surface area contributed by atoms with Crippen LogP contribution in [0.3, 0.4) is 0 Å². The smallest absolute Gasteiger partial charge is 0.269 e. The second-order valence-electron chi connectivity index (χ2n) is 5.83. The SMILES string of the molecule is O=C(NOCc1ccccc1)c1cc2c(s1)-c1ccccc1CC2. The summed E-state index contributed by atoms with van der Waals surface area (Å²) in [7, 11) is 0. The number of hydroxylamine groups is 1. The van der Waals surface area contributed by atoms with Gasteiger partial charge in [0.25, 0.3) is 5.91 Å². The van der Waals surface area contributed by atoms with Crippen LogP contribution in [-0.4, -0.2) is 5.91 Å². The molecule has 1 aliphatic carbocycles. The molecule has 120 valence electrons. The molecule has 0 bridgehead atoms. The van der Waals surface area contributed by atoms with Crippen LogP contribution in [0.15, 0.2) is 60.7 Å². The number of amides is 1. The van der Waals surface area contributed by atoms with E-state index in [0.717, 1.165) is 18.4 Å². The number of hydrogen-bond acceptors (Lipinski definition) is 3. The van der Waals surface area contributed by atoms with Crippen molar-refractivity contribution in [1.82, 2.24) is 5.48 Å². The molecule has 0 aliphatic heterocycles. The van der Waals surface area contributed by atoms with Crippen LogP contribution in [-0.2, 0) is 24.3 Å². The Bertz CT molecular complexity index is 870. The molecule has 1 aromatic heterocycles. The van der Waals surface area contributed by atoms with E-state index in [1.807, 2.05) is 36.4 Å². The van der Waals surface area contributed by atoms with Crippen LogP contribution in [0.25, 0.3) is 10.4 Å². The van der Waals surface area contributed by atoms with E-state index in [0.29, 0.717) is 11.5 Å². The quantitative estimate of drug-likeness (QED) is 0.719. The Balaban J connectivity index is 1.46. The minimum atomic E-state index is -0.178. The Labute approximate surface area is 144 Å². The van der Waals surface area contributed by atoms with Gasteiger partial charge in [0.2, 0.25) is 0 Å². The molecule has 3 nitrogen and oxygen atoms in total. The molecule has 0 spiro atoms. The number of nitrogens with one attached hydrogen (secondary N) is 1. The minimum absolute atomic E-state index is 0.178. The topological polar surface area (TPSA) is 38.3 Å². The fraction of sp³-hybridized carbons (Fsp3) is 0.150. The van der Waals surface area contributed by atoms with Gasteiger partial charge in [0.1, 0.15) is 0 Å². The van der Waals surface area contributed by atoms with E-state index in [1.54, 1.807) is 11.3 Å². The molecule has 0 fully saturated rings. The first-order valence-electron chi connectivity index (χ1n) is 7.98. The number of thiophene rings is 1. The molecule has 3 aromatic rings. The van der Waals surface area contributed by atoms with Crippen LogP contribution in [0.5, 0.6) is 0 Å². The third kappa shape index (κ3) is 2.98. The van der Waals surface area contributed by atoms with Gasteiger partial charge in [-0.25, -0.2) is 5.48 Å². The number of aryl methyl sites for hydroxylation is 2. The Morgan fingerprint density at radius 3 is 2.62 bits per heavy atom. The largest absolute Gasteiger partial charge is 0.284 e. The highest BCUT2D eigenvalue weighted by atomic mass is 32.1. The molecule has 1 N–H and O–H groups in total. The van der Waals surface area contributed by atoms with E-state index in [2.05, 4.69) is 29.7 Å². The zero-order valence-electron chi connectivity index (χ0n) is 13.1. The molecule has 0 saturated carbocycles. The van der Waals surface area contributed by atoms with E-state index >= 15 is 0 Å². The molecule has 4 rings (SSSR count). The van der Waals surface area contributed by atoms with Gasteiger partial charge >= 0.3 is 0 Å². The Morgan fingerprint density at radius 1 is 1.00 bits per heavy atom. The zero-order chi connectivity index (χ0) is 16.4. The van der Waals surface area contributed by atoms with Gasteiger partial charge in [0.05, 0.1) is 11.5 Å². The highest BCUT2D eigenvalue weighted by Crippen LogP contribution is 2.39. The number of benzene rings is 2. The van der Waals surface area contributed by atoms with Crippen molar-refractivity contribution in [2.24, 2.45) is 0 Å². The molecule has 2 aromatic carbocycles. The second-order valence-corrected chi connectivity index (χ2v) is 6.88. The summed E-state index contributed by atoms with van der Waals surface area (Å²) in [5.74, 6) is -0.178. The van der Waals surface area contributed by atoms with Gasteiger partial charge < -0.3 is 0 Å². The van der Waals surface area contributed by atoms with Crippen LogP contribution in [0.1, 0.15) is 26.4 Å². The summed E-state index contributed by atoms with van der Waals surface area (Å²) in [6.45, 7) is 0.362. The van der Waals surface area contributed by atoms with Crippen molar-refractivity contribution in [2.45, 2.75) is 19.4 Å². The van der Waals surface area contributed by atoms with Gasteiger partial charge in [0, 0.05) is 4.88 Å². The lowest BCUT2D eigenvalue weighted by atomic mass is 9.91. The van der Waals surface area contributed by atoms with Gasteiger partial charge in [-0.3, -0.25) is 9.63 Å². The predicted molar refractivity (Wildman–Crippen MR) is 95.9 cm³/mol. The van der Waals surface area contributed by atoms with E-state index in [1.165, 1.54) is 21.6 Å². The molecule has 1 heterocycles. The lowest BCUT2D eigenvalue weighted by Gasteiger charge is -2.15. The molecule has 1 amide bonds. The maximum Gasteiger partial charge on any atom is 0.284 e. The molecular formula is C20H17NO2S. The summed E-state index contributed by atoms with van der Waals surface area (Å²) in [5, 5.41) is 0. The third-order valence-electron chi connectivity index (χ3n) is 4.20. The molecule has 24 heavy (non-hydrogen) atoms. The van der Waals surface area contributed by atoms with E-state index in [4.69, 9.17) is 4.84 Å². The van der Waals surface area contributed by atoms with E-state index in [-0.39, 0.29) is 5.91 Å².